The summed E-state index contributed by atoms with van der Waals surface area (Å²) in [6.07, 6.45) is 7.86. The van der Waals surface area contributed by atoms with Crippen LogP contribution in [0.4, 0.5) is 0 Å². The quantitative estimate of drug-likeness (QED) is 0.582. The van der Waals surface area contributed by atoms with E-state index in [1.54, 1.807) is 12.1 Å². The zero-order valence-corrected chi connectivity index (χ0v) is 16.9. The molecule has 0 aliphatic heterocycles. The fraction of sp³-hybridized carbons (Fsp3) is 0.348. The van der Waals surface area contributed by atoms with Gasteiger partial charge in [0.25, 0.3) is 0 Å². The van der Waals surface area contributed by atoms with Gasteiger partial charge < -0.3 is 4.42 Å². The van der Waals surface area contributed by atoms with Crippen LogP contribution < -0.4 is 0 Å². The summed E-state index contributed by atoms with van der Waals surface area (Å²) < 4.78 is 29.8. The molecule has 5 heteroatoms. The third-order valence-electron chi connectivity index (χ3n) is 5.43. The van der Waals surface area contributed by atoms with Gasteiger partial charge in [0.05, 0.1) is 10.6 Å². The van der Waals surface area contributed by atoms with Crippen LogP contribution in [0.15, 0.2) is 63.9 Å². The lowest BCUT2D eigenvalue weighted by Gasteiger charge is -2.20. The Morgan fingerprint density at radius 3 is 2.29 bits per heavy atom. The number of aromatic nitrogens is 1. The first-order valence-electron chi connectivity index (χ1n) is 9.85. The third kappa shape index (κ3) is 4.20. The molecule has 3 aromatic rings. The van der Waals surface area contributed by atoms with Gasteiger partial charge in [-0.3, -0.25) is 0 Å². The van der Waals surface area contributed by atoms with Crippen molar-refractivity contribution in [1.29, 1.82) is 0 Å². The van der Waals surface area contributed by atoms with Gasteiger partial charge in [0, 0.05) is 24.2 Å². The summed E-state index contributed by atoms with van der Waals surface area (Å²) in [5, 5.41) is 0. The molecule has 0 unspecified atom stereocenters. The molecule has 0 atom stereocenters. The van der Waals surface area contributed by atoms with Gasteiger partial charge in [-0.05, 0) is 42.7 Å². The third-order valence-corrected chi connectivity index (χ3v) is 6.56. The minimum Gasteiger partial charge on any atom is -0.440 e. The average Bonchev–Trinajstić information content (AvgIpc) is 3.13. The topological polar surface area (TPSA) is 60.2 Å². The van der Waals surface area contributed by atoms with E-state index in [1.807, 2.05) is 30.3 Å². The van der Waals surface area contributed by atoms with Gasteiger partial charge in [-0.15, -0.1) is 0 Å². The van der Waals surface area contributed by atoms with E-state index in [2.05, 4.69) is 12.1 Å². The van der Waals surface area contributed by atoms with E-state index in [-0.39, 0.29) is 0 Å². The summed E-state index contributed by atoms with van der Waals surface area (Å²) >= 11 is 0. The lowest BCUT2D eigenvalue weighted by molar-refractivity contribution is 0.437. The molecule has 0 spiro atoms. The highest BCUT2D eigenvalue weighted by atomic mass is 32.2. The van der Waals surface area contributed by atoms with E-state index in [0.29, 0.717) is 23.1 Å². The highest BCUT2D eigenvalue weighted by Gasteiger charge is 2.25. The highest BCUT2D eigenvalue weighted by Crippen LogP contribution is 2.38. The van der Waals surface area contributed by atoms with Crippen LogP contribution in [-0.2, 0) is 16.3 Å². The Morgan fingerprint density at radius 2 is 1.64 bits per heavy atom. The Kier molecular flexibility index (Phi) is 5.36. The Morgan fingerprint density at radius 1 is 0.964 bits per heavy atom. The molecular formula is C23H25NO3S. The Labute approximate surface area is 166 Å². The predicted molar refractivity (Wildman–Crippen MR) is 110 cm³/mol. The Hall–Kier alpha value is -2.40. The number of oxazole rings is 1. The molecule has 0 saturated heterocycles. The van der Waals surface area contributed by atoms with Crippen molar-refractivity contribution in [2.24, 2.45) is 0 Å². The second kappa shape index (κ2) is 7.92. The minimum absolute atomic E-state index is 0.319. The molecule has 1 saturated carbocycles. The van der Waals surface area contributed by atoms with Crippen molar-refractivity contribution in [2.45, 2.75) is 49.3 Å². The molecule has 0 bridgehead atoms. The van der Waals surface area contributed by atoms with Crippen LogP contribution in [0.2, 0.25) is 0 Å². The van der Waals surface area contributed by atoms with E-state index >= 15 is 0 Å². The summed E-state index contributed by atoms with van der Waals surface area (Å²) in [4.78, 5) is 5.21. The number of hydrogen-bond acceptors (Lipinski definition) is 4. The van der Waals surface area contributed by atoms with Gasteiger partial charge in [0.1, 0.15) is 0 Å². The van der Waals surface area contributed by atoms with Crippen molar-refractivity contribution in [3.63, 3.8) is 0 Å². The predicted octanol–water partition coefficient (Wildman–Crippen LogP) is 5.38. The molecule has 0 N–H and O–H groups in total. The van der Waals surface area contributed by atoms with Gasteiger partial charge in [-0.1, -0.05) is 49.6 Å². The largest absolute Gasteiger partial charge is 0.440 e. The minimum atomic E-state index is -3.21. The average molecular weight is 396 g/mol. The molecule has 1 aromatic heterocycles. The van der Waals surface area contributed by atoms with Gasteiger partial charge in [-0.25, -0.2) is 13.4 Å². The number of nitrogens with zero attached hydrogens (tertiary/aromatic N) is 1. The summed E-state index contributed by atoms with van der Waals surface area (Å²) in [6, 6.07) is 17.1. The van der Waals surface area contributed by atoms with Crippen LogP contribution in [0.5, 0.6) is 0 Å². The maximum absolute atomic E-state index is 11.8. The zero-order chi connectivity index (χ0) is 19.6. The molecule has 2 aromatic carbocycles. The summed E-state index contributed by atoms with van der Waals surface area (Å²) in [7, 11) is -3.21. The van der Waals surface area contributed by atoms with Crippen LogP contribution in [0.3, 0.4) is 0 Å². The Bertz CT molecular complexity index is 1030. The molecule has 1 heterocycles. The fourth-order valence-corrected chi connectivity index (χ4v) is 4.57. The second-order valence-corrected chi connectivity index (χ2v) is 9.63. The summed E-state index contributed by atoms with van der Waals surface area (Å²) in [6.45, 7) is 0. The van der Waals surface area contributed by atoms with Crippen molar-refractivity contribution < 1.29 is 12.8 Å². The van der Waals surface area contributed by atoms with Gasteiger partial charge in [0.2, 0.25) is 0 Å². The first kappa shape index (κ1) is 18.9. The number of hydrogen-bond donors (Lipinski definition) is 0. The number of sulfone groups is 1. The van der Waals surface area contributed by atoms with Crippen LogP contribution in [0.25, 0.3) is 11.3 Å². The molecule has 28 heavy (non-hydrogen) atoms. The van der Waals surface area contributed by atoms with Crippen LogP contribution in [0, 0.1) is 0 Å². The molecule has 1 aliphatic rings. The van der Waals surface area contributed by atoms with Crippen molar-refractivity contribution in [3.8, 4) is 11.3 Å². The smallest absolute Gasteiger partial charge is 0.199 e. The maximum atomic E-state index is 11.8. The molecule has 4 rings (SSSR count). The van der Waals surface area contributed by atoms with E-state index in [9.17, 15) is 8.42 Å². The zero-order valence-electron chi connectivity index (χ0n) is 16.1. The van der Waals surface area contributed by atoms with Crippen LogP contribution in [0.1, 0.15) is 55.2 Å². The van der Waals surface area contributed by atoms with E-state index in [0.717, 1.165) is 35.4 Å². The standard InChI is InChI=1S/C23H25NO3S/c1-28(25,26)20-14-12-19(13-15-20)23-22(18-10-6-3-7-11-18)24-21(27-23)16-17-8-4-2-5-9-17/h2,4-5,8-9,12-15,18H,3,6-7,10-11,16H2,1H3. The van der Waals surface area contributed by atoms with Crippen molar-refractivity contribution in [3.05, 3.63) is 71.7 Å². The first-order chi connectivity index (χ1) is 13.5. The van der Waals surface area contributed by atoms with Crippen LogP contribution >= 0.6 is 0 Å². The van der Waals surface area contributed by atoms with E-state index in [1.165, 1.54) is 25.5 Å². The van der Waals surface area contributed by atoms with E-state index in [4.69, 9.17) is 9.40 Å². The molecular weight excluding hydrogens is 370 g/mol. The molecule has 0 radical (unpaired) electrons. The van der Waals surface area contributed by atoms with Gasteiger partial charge >= 0.3 is 0 Å². The van der Waals surface area contributed by atoms with Crippen LogP contribution in [-0.4, -0.2) is 19.7 Å². The van der Waals surface area contributed by atoms with Crippen molar-refractivity contribution in [2.75, 3.05) is 6.26 Å². The lowest BCUT2D eigenvalue weighted by atomic mass is 9.85. The number of rotatable bonds is 5. The molecule has 1 aliphatic carbocycles. The van der Waals surface area contributed by atoms with Gasteiger partial charge in [0.15, 0.2) is 21.5 Å². The van der Waals surface area contributed by atoms with Crippen molar-refractivity contribution >= 4 is 9.84 Å². The normalized spacial score (nSPS) is 15.6. The highest BCUT2D eigenvalue weighted by molar-refractivity contribution is 7.90. The molecule has 146 valence electrons. The molecule has 1 fully saturated rings. The monoisotopic (exact) mass is 395 g/mol. The summed E-state index contributed by atoms with van der Waals surface area (Å²) in [5.41, 5.74) is 3.08. The summed E-state index contributed by atoms with van der Waals surface area (Å²) in [5.74, 6) is 1.92. The number of benzene rings is 2. The van der Waals surface area contributed by atoms with E-state index < -0.39 is 9.84 Å². The second-order valence-electron chi connectivity index (χ2n) is 7.62. The van der Waals surface area contributed by atoms with Crippen molar-refractivity contribution in [1.82, 2.24) is 4.98 Å². The van der Waals surface area contributed by atoms with Gasteiger partial charge in [-0.2, -0.15) is 0 Å². The maximum Gasteiger partial charge on any atom is 0.199 e. The first-order valence-corrected chi connectivity index (χ1v) is 11.7. The molecule has 4 nitrogen and oxygen atoms in total. The SMILES string of the molecule is CS(=O)(=O)c1ccc(-c2oc(Cc3ccccc3)nc2C2CCCCC2)cc1. The Balaban J connectivity index is 1.71. The molecule has 0 amide bonds. The fourth-order valence-electron chi connectivity index (χ4n) is 3.94. The lowest BCUT2D eigenvalue weighted by Crippen LogP contribution is -2.06.